The van der Waals surface area contributed by atoms with Crippen molar-refractivity contribution in [3.63, 3.8) is 0 Å². The summed E-state index contributed by atoms with van der Waals surface area (Å²) in [5.74, 6) is 6.81. The van der Waals surface area contributed by atoms with Gasteiger partial charge in [0.05, 0.1) is 0 Å². The largest absolute Gasteiger partial charge is 0.308 e. The smallest absolute Gasteiger partial charge is 0.139 e. The number of aromatic nitrogens is 1. The molecule has 1 aromatic heterocycles. The van der Waals surface area contributed by atoms with E-state index < -0.39 is 0 Å². The van der Waals surface area contributed by atoms with Crippen LogP contribution in [0.25, 0.3) is 0 Å². The summed E-state index contributed by atoms with van der Waals surface area (Å²) in [4.78, 5) is 6.79. The van der Waals surface area contributed by atoms with Gasteiger partial charge in [0.1, 0.15) is 5.82 Å². The molecular formula is C13H22N4. The van der Waals surface area contributed by atoms with Crippen LogP contribution in [0.5, 0.6) is 0 Å². The number of hydrazine groups is 1. The third-order valence-corrected chi connectivity index (χ3v) is 3.86. The van der Waals surface area contributed by atoms with Gasteiger partial charge >= 0.3 is 0 Å². The molecule has 4 nitrogen and oxygen atoms in total. The molecule has 2 rings (SSSR count). The first-order valence-corrected chi connectivity index (χ1v) is 6.36. The first-order valence-electron chi connectivity index (χ1n) is 6.36. The number of likely N-dealkylation sites (tertiary alicyclic amines) is 1. The lowest BCUT2D eigenvalue weighted by Gasteiger charge is -2.37. The van der Waals surface area contributed by atoms with Crippen LogP contribution in [-0.2, 0) is 6.54 Å². The van der Waals surface area contributed by atoms with Crippen molar-refractivity contribution in [2.45, 2.75) is 39.3 Å². The van der Waals surface area contributed by atoms with Crippen LogP contribution in [0.4, 0.5) is 5.82 Å². The number of anilines is 1. The van der Waals surface area contributed by atoms with E-state index in [9.17, 15) is 0 Å². The number of hydrogen-bond donors (Lipinski definition) is 2. The number of hydrogen-bond acceptors (Lipinski definition) is 4. The molecule has 0 aliphatic carbocycles. The van der Waals surface area contributed by atoms with Gasteiger partial charge in [-0.05, 0) is 43.9 Å². The van der Waals surface area contributed by atoms with Gasteiger partial charge < -0.3 is 5.43 Å². The number of nitrogens with zero attached hydrogens (tertiary/aromatic N) is 2. The Morgan fingerprint density at radius 3 is 2.94 bits per heavy atom. The fourth-order valence-electron chi connectivity index (χ4n) is 2.48. The maximum atomic E-state index is 5.30. The molecule has 0 bridgehead atoms. The first kappa shape index (κ1) is 12.3. The molecular weight excluding hydrogens is 212 g/mol. The molecule has 0 spiro atoms. The second-order valence-electron chi connectivity index (χ2n) is 5.03. The molecule has 1 saturated heterocycles. The van der Waals surface area contributed by atoms with Crippen molar-refractivity contribution in [3.8, 4) is 0 Å². The van der Waals surface area contributed by atoms with Crippen LogP contribution in [0.2, 0.25) is 0 Å². The molecule has 1 fully saturated rings. The minimum Gasteiger partial charge on any atom is -0.308 e. The lowest BCUT2D eigenvalue weighted by atomic mass is 9.92. The predicted octanol–water partition coefficient (Wildman–Crippen LogP) is 1.99. The summed E-state index contributed by atoms with van der Waals surface area (Å²) in [7, 11) is 0. The molecule has 17 heavy (non-hydrogen) atoms. The van der Waals surface area contributed by atoms with Crippen molar-refractivity contribution in [2.75, 3.05) is 12.0 Å². The van der Waals surface area contributed by atoms with Gasteiger partial charge in [-0.15, -0.1) is 0 Å². The van der Waals surface area contributed by atoms with E-state index in [4.69, 9.17) is 5.84 Å². The molecule has 0 radical (unpaired) electrons. The fraction of sp³-hybridized carbons (Fsp3) is 0.615. The number of nitrogens with two attached hydrogens (primary N) is 1. The van der Waals surface area contributed by atoms with E-state index in [1.807, 2.05) is 12.3 Å². The Balaban J connectivity index is 1.99. The quantitative estimate of drug-likeness (QED) is 0.620. The molecule has 4 heteroatoms. The standard InChI is InChI=1S/C13H22N4/c1-10-4-3-7-17(11(10)2)9-12-5-6-13(16-14)15-8-12/h5-6,8,10-11H,3-4,7,9,14H2,1-2H3,(H,15,16). The first-order chi connectivity index (χ1) is 8.20. The van der Waals surface area contributed by atoms with Crippen molar-refractivity contribution < 1.29 is 0 Å². The van der Waals surface area contributed by atoms with Gasteiger partial charge in [-0.1, -0.05) is 13.0 Å². The second-order valence-corrected chi connectivity index (χ2v) is 5.03. The lowest BCUT2D eigenvalue weighted by Crippen LogP contribution is -2.41. The van der Waals surface area contributed by atoms with Gasteiger partial charge in [-0.25, -0.2) is 10.8 Å². The number of nitrogens with one attached hydrogen (secondary N) is 1. The summed E-state index contributed by atoms with van der Waals surface area (Å²) in [6, 6.07) is 4.68. The Morgan fingerprint density at radius 1 is 1.47 bits per heavy atom. The second kappa shape index (κ2) is 5.47. The maximum Gasteiger partial charge on any atom is 0.139 e. The van der Waals surface area contributed by atoms with Crippen molar-refractivity contribution >= 4 is 5.82 Å². The molecule has 2 unspecified atom stereocenters. The summed E-state index contributed by atoms with van der Waals surface area (Å²) in [6.07, 6.45) is 4.56. The van der Waals surface area contributed by atoms with E-state index in [2.05, 4.69) is 35.2 Å². The molecule has 94 valence electrons. The van der Waals surface area contributed by atoms with E-state index >= 15 is 0 Å². The molecule has 2 atom stereocenters. The van der Waals surface area contributed by atoms with Crippen molar-refractivity contribution in [1.82, 2.24) is 9.88 Å². The Labute approximate surface area is 103 Å². The summed E-state index contributed by atoms with van der Waals surface area (Å²) in [6.45, 7) is 6.86. The van der Waals surface area contributed by atoms with E-state index in [1.165, 1.54) is 24.9 Å². The summed E-state index contributed by atoms with van der Waals surface area (Å²) >= 11 is 0. The number of piperidine rings is 1. The van der Waals surface area contributed by atoms with Gasteiger partial charge in [0, 0.05) is 18.8 Å². The number of pyridine rings is 1. The number of rotatable bonds is 3. The molecule has 3 N–H and O–H groups in total. The molecule has 0 amide bonds. The molecule has 2 heterocycles. The van der Waals surface area contributed by atoms with E-state index in [-0.39, 0.29) is 0 Å². The van der Waals surface area contributed by atoms with Crippen LogP contribution in [0.3, 0.4) is 0 Å². The molecule has 1 aliphatic rings. The topological polar surface area (TPSA) is 54.2 Å². The van der Waals surface area contributed by atoms with Crippen LogP contribution in [0.15, 0.2) is 18.3 Å². The van der Waals surface area contributed by atoms with Crippen molar-refractivity contribution in [2.24, 2.45) is 11.8 Å². The monoisotopic (exact) mass is 234 g/mol. The highest BCUT2D eigenvalue weighted by Gasteiger charge is 2.24. The van der Waals surface area contributed by atoms with Crippen molar-refractivity contribution in [3.05, 3.63) is 23.9 Å². The maximum absolute atomic E-state index is 5.30. The SMILES string of the molecule is CC1CCCN(Cc2ccc(NN)nc2)C1C. The van der Waals surface area contributed by atoms with Crippen LogP contribution < -0.4 is 11.3 Å². The highest BCUT2D eigenvalue weighted by Crippen LogP contribution is 2.24. The Kier molecular flexibility index (Phi) is 3.97. The van der Waals surface area contributed by atoms with Gasteiger partial charge in [0.2, 0.25) is 0 Å². The highest BCUT2D eigenvalue weighted by molar-refractivity contribution is 5.33. The minimum atomic E-state index is 0.663. The Bertz CT molecular complexity index is 349. The highest BCUT2D eigenvalue weighted by atomic mass is 15.2. The van der Waals surface area contributed by atoms with Gasteiger partial charge in [0.25, 0.3) is 0 Å². The van der Waals surface area contributed by atoms with Gasteiger partial charge in [0.15, 0.2) is 0 Å². The van der Waals surface area contributed by atoms with Crippen LogP contribution in [0.1, 0.15) is 32.3 Å². The zero-order valence-electron chi connectivity index (χ0n) is 10.7. The minimum absolute atomic E-state index is 0.663. The zero-order chi connectivity index (χ0) is 12.3. The summed E-state index contributed by atoms with van der Waals surface area (Å²) < 4.78 is 0. The summed E-state index contributed by atoms with van der Waals surface area (Å²) in [5, 5.41) is 0. The normalized spacial score (nSPS) is 25.8. The molecule has 1 aromatic rings. The van der Waals surface area contributed by atoms with E-state index in [1.54, 1.807) is 0 Å². The molecule has 0 aromatic carbocycles. The van der Waals surface area contributed by atoms with Crippen molar-refractivity contribution in [1.29, 1.82) is 0 Å². The Morgan fingerprint density at radius 2 is 2.29 bits per heavy atom. The predicted molar refractivity (Wildman–Crippen MR) is 70.3 cm³/mol. The summed E-state index contributed by atoms with van der Waals surface area (Å²) in [5.41, 5.74) is 3.80. The van der Waals surface area contributed by atoms with E-state index in [0.29, 0.717) is 11.9 Å². The van der Waals surface area contributed by atoms with Gasteiger partial charge in [-0.3, -0.25) is 4.90 Å². The molecule has 1 aliphatic heterocycles. The third kappa shape index (κ3) is 2.96. The van der Waals surface area contributed by atoms with Crippen LogP contribution in [-0.4, -0.2) is 22.5 Å². The molecule has 0 saturated carbocycles. The van der Waals surface area contributed by atoms with E-state index in [0.717, 1.165) is 12.5 Å². The lowest BCUT2D eigenvalue weighted by molar-refractivity contribution is 0.106. The van der Waals surface area contributed by atoms with Crippen LogP contribution >= 0.6 is 0 Å². The third-order valence-electron chi connectivity index (χ3n) is 3.86. The zero-order valence-corrected chi connectivity index (χ0v) is 10.7. The fourth-order valence-corrected chi connectivity index (χ4v) is 2.48. The average molecular weight is 234 g/mol. The van der Waals surface area contributed by atoms with Crippen LogP contribution in [0, 0.1) is 5.92 Å². The van der Waals surface area contributed by atoms with Gasteiger partial charge in [-0.2, -0.15) is 0 Å². The Hall–Kier alpha value is -1.13. The number of nitrogen functional groups attached to an aromatic ring is 1. The average Bonchev–Trinajstić information content (AvgIpc) is 2.36.